The number of carbonyl (C=O) groups excluding carboxylic acids is 1. The lowest BCUT2D eigenvalue weighted by Crippen LogP contribution is -2.42. The van der Waals surface area contributed by atoms with Crippen LogP contribution in [0, 0.1) is 11.8 Å². The second kappa shape index (κ2) is 9.02. The molecule has 0 spiro atoms. The van der Waals surface area contributed by atoms with Crippen LogP contribution in [0.4, 0.5) is 0 Å². The van der Waals surface area contributed by atoms with Gasteiger partial charge in [-0.05, 0) is 43.7 Å². The van der Waals surface area contributed by atoms with Gasteiger partial charge in [-0.3, -0.25) is 4.79 Å². The summed E-state index contributed by atoms with van der Waals surface area (Å²) in [5.41, 5.74) is 2.67. The molecule has 2 nitrogen and oxygen atoms in total. The lowest BCUT2D eigenvalue weighted by molar-refractivity contribution is -0.138. The molecule has 138 valence electrons. The molecule has 0 unspecified atom stereocenters. The monoisotopic (exact) mass is 349 g/mol. The Morgan fingerprint density at radius 3 is 1.88 bits per heavy atom. The molecular weight excluding hydrogens is 318 g/mol. The number of carbonyl (C=O) groups is 1. The van der Waals surface area contributed by atoms with Crippen molar-refractivity contribution >= 4 is 5.91 Å². The predicted molar refractivity (Wildman–Crippen MR) is 108 cm³/mol. The Morgan fingerprint density at radius 1 is 0.885 bits per heavy atom. The van der Waals surface area contributed by atoms with Crippen LogP contribution in [0.5, 0.6) is 0 Å². The van der Waals surface area contributed by atoms with E-state index in [2.05, 4.69) is 74.5 Å². The van der Waals surface area contributed by atoms with Crippen molar-refractivity contribution in [1.82, 2.24) is 4.90 Å². The molecule has 0 saturated heterocycles. The van der Waals surface area contributed by atoms with Crippen LogP contribution >= 0.6 is 0 Å². The molecule has 26 heavy (non-hydrogen) atoms. The lowest BCUT2D eigenvalue weighted by Gasteiger charge is -2.39. The highest BCUT2D eigenvalue weighted by Gasteiger charge is 2.38. The summed E-state index contributed by atoms with van der Waals surface area (Å²) in [5.74, 6) is 1.16. The first-order chi connectivity index (χ1) is 12.8. The third-order valence-electron chi connectivity index (χ3n) is 5.96. The minimum absolute atomic E-state index is 0.133. The zero-order valence-electron chi connectivity index (χ0n) is 16.1. The maximum Gasteiger partial charge on any atom is 0.225 e. The third kappa shape index (κ3) is 4.00. The Balaban J connectivity index is 1.99. The second-order valence-corrected chi connectivity index (χ2v) is 7.36. The quantitative estimate of drug-likeness (QED) is 0.675. The fraction of sp³-hybridized carbons (Fsp3) is 0.458. The largest absolute Gasteiger partial charge is 0.343 e. The van der Waals surface area contributed by atoms with Gasteiger partial charge >= 0.3 is 0 Å². The van der Waals surface area contributed by atoms with Crippen LogP contribution < -0.4 is 0 Å². The number of nitrogens with zero attached hydrogens (tertiary/aromatic N) is 1. The van der Waals surface area contributed by atoms with Gasteiger partial charge in [-0.1, -0.05) is 73.5 Å². The van der Waals surface area contributed by atoms with Crippen molar-refractivity contribution in [3.63, 3.8) is 0 Å². The highest BCUT2D eigenvalue weighted by molar-refractivity contribution is 5.79. The SMILES string of the molecule is CCN(CC)C(=O)[C@@H]1CCCC[C@@H]1C(c1ccccc1)c1ccccc1. The van der Waals surface area contributed by atoms with E-state index in [9.17, 15) is 4.79 Å². The molecule has 3 rings (SSSR count). The van der Waals surface area contributed by atoms with Gasteiger partial charge in [0, 0.05) is 24.9 Å². The van der Waals surface area contributed by atoms with Crippen molar-refractivity contribution in [2.75, 3.05) is 13.1 Å². The zero-order valence-corrected chi connectivity index (χ0v) is 16.1. The van der Waals surface area contributed by atoms with Crippen LogP contribution in [0.2, 0.25) is 0 Å². The van der Waals surface area contributed by atoms with Crippen LogP contribution in [0.25, 0.3) is 0 Å². The minimum atomic E-state index is 0.133. The molecule has 1 saturated carbocycles. The summed E-state index contributed by atoms with van der Waals surface area (Å²) in [6.07, 6.45) is 4.55. The van der Waals surface area contributed by atoms with Crippen molar-refractivity contribution in [2.45, 2.75) is 45.4 Å². The Labute approximate surface area is 158 Å². The zero-order chi connectivity index (χ0) is 18.4. The van der Waals surface area contributed by atoms with E-state index < -0.39 is 0 Å². The molecule has 0 heterocycles. The van der Waals surface area contributed by atoms with Crippen molar-refractivity contribution in [3.8, 4) is 0 Å². The molecule has 2 aromatic rings. The third-order valence-corrected chi connectivity index (χ3v) is 5.96. The highest BCUT2D eigenvalue weighted by atomic mass is 16.2. The summed E-state index contributed by atoms with van der Waals surface area (Å²) in [4.78, 5) is 15.3. The molecule has 2 heteroatoms. The molecule has 0 N–H and O–H groups in total. The smallest absolute Gasteiger partial charge is 0.225 e. The fourth-order valence-corrected chi connectivity index (χ4v) is 4.64. The first-order valence-electron chi connectivity index (χ1n) is 10.1. The van der Waals surface area contributed by atoms with Crippen LogP contribution in [-0.4, -0.2) is 23.9 Å². The van der Waals surface area contributed by atoms with E-state index >= 15 is 0 Å². The van der Waals surface area contributed by atoms with Crippen molar-refractivity contribution in [3.05, 3.63) is 71.8 Å². The summed E-state index contributed by atoms with van der Waals surface area (Å²) in [6, 6.07) is 21.5. The van der Waals surface area contributed by atoms with Crippen LogP contribution in [-0.2, 0) is 4.79 Å². The molecule has 1 amide bonds. The van der Waals surface area contributed by atoms with E-state index in [0.717, 1.165) is 25.9 Å². The molecule has 0 aromatic heterocycles. The van der Waals surface area contributed by atoms with Gasteiger partial charge in [0.1, 0.15) is 0 Å². The molecule has 1 aliphatic rings. The molecule has 0 aliphatic heterocycles. The van der Waals surface area contributed by atoms with Crippen LogP contribution in [0.1, 0.15) is 56.6 Å². The number of hydrogen-bond acceptors (Lipinski definition) is 1. The summed E-state index contributed by atoms with van der Waals surface area (Å²) in [7, 11) is 0. The van der Waals surface area contributed by atoms with Crippen molar-refractivity contribution in [1.29, 1.82) is 0 Å². The summed E-state index contributed by atoms with van der Waals surface area (Å²) in [6.45, 7) is 5.79. The van der Waals surface area contributed by atoms with Gasteiger partial charge in [-0.15, -0.1) is 0 Å². The van der Waals surface area contributed by atoms with Crippen molar-refractivity contribution in [2.24, 2.45) is 11.8 Å². The Morgan fingerprint density at radius 2 is 1.38 bits per heavy atom. The van der Waals surface area contributed by atoms with E-state index in [1.54, 1.807) is 0 Å². The molecule has 1 fully saturated rings. The lowest BCUT2D eigenvalue weighted by atomic mass is 9.67. The second-order valence-electron chi connectivity index (χ2n) is 7.36. The van der Waals surface area contributed by atoms with Crippen LogP contribution in [0.3, 0.4) is 0 Å². The predicted octanol–water partition coefficient (Wildman–Crippen LogP) is 5.49. The first-order valence-corrected chi connectivity index (χ1v) is 10.1. The number of hydrogen-bond donors (Lipinski definition) is 0. The Bertz CT molecular complexity index is 638. The van der Waals surface area contributed by atoms with E-state index in [1.165, 1.54) is 24.0 Å². The summed E-state index contributed by atoms with van der Waals surface area (Å²) >= 11 is 0. The molecule has 0 bridgehead atoms. The van der Waals surface area contributed by atoms with Gasteiger partial charge in [-0.25, -0.2) is 0 Å². The van der Waals surface area contributed by atoms with E-state index in [-0.39, 0.29) is 5.92 Å². The number of rotatable bonds is 6. The average Bonchev–Trinajstić information content (AvgIpc) is 2.71. The maximum absolute atomic E-state index is 13.3. The standard InChI is InChI=1S/C24H31NO/c1-3-25(4-2)24(26)22-18-12-11-17-21(22)23(19-13-7-5-8-14-19)20-15-9-6-10-16-20/h5-10,13-16,21-23H,3-4,11-12,17-18H2,1-2H3/t21-,22+/m0/s1. The van der Waals surface area contributed by atoms with Gasteiger partial charge in [0.15, 0.2) is 0 Å². The molecule has 1 aliphatic carbocycles. The van der Waals surface area contributed by atoms with E-state index in [4.69, 9.17) is 0 Å². The van der Waals surface area contributed by atoms with Gasteiger partial charge in [0.05, 0.1) is 0 Å². The van der Waals surface area contributed by atoms with Crippen LogP contribution in [0.15, 0.2) is 60.7 Å². The number of amides is 1. The summed E-state index contributed by atoms with van der Waals surface area (Å²) < 4.78 is 0. The average molecular weight is 350 g/mol. The van der Waals surface area contributed by atoms with Gasteiger partial charge in [-0.2, -0.15) is 0 Å². The fourth-order valence-electron chi connectivity index (χ4n) is 4.64. The van der Waals surface area contributed by atoms with Gasteiger partial charge < -0.3 is 4.90 Å². The Hall–Kier alpha value is -2.09. The highest BCUT2D eigenvalue weighted by Crippen LogP contribution is 2.44. The number of benzene rings is 2. The van der Waals surface area contributed by atoms with E-state index in [0.29, 0.717) is 17.7 Å². The minimum Gasteiger partial charge on any atom is -0.343 e. The molecule has 0 radical (unpaired) electrons. The molecular formula is C24H31NO. The summed E-state index contributed by atoms with van der Waals surface area (Å²) in [5, 5.41) is 0. The Kier molecular flexibility index (Phi) is 6.49. The van der Waals surface area contributed by atoms with E-state index in [1.807, 2.05) is 4.90 Å². The normalized spacial score (nSPS) is 20.1. The van der Waals surface area contributed by atoms with Gasteiger partial charge in [0.2, 0.25) is 5.91 Å². The first kappa shape index (κ1) is 18.7. The molecule has 2 aromatic carbocycles. The maximum atomic E-state index is 13.3. The molecule has 2 atom stereocenters. The van der Waals surface area contributed by atoms with Crippen molar-refractivity contribution < 1.29 is 4.79 Å². The topological polar surface area (TPSA) is 20.3 Å². The van der Waals surface area contributed by atoms with Gasteiger partial charge in [0.25, 0.3) is 0 Å².